The molecule has 1 aromatic rings. The zero-order chi connectivity index (χ0) is 12.1. The molecule has 0 bridgehead atoms. The highest BCUT2D eigenvalue weighted by Gasteiger charge is 2.21. The lowest BCUT2D eigenvalue weighted by Gasteiger charge is -2.20. The van der Waals surface area contributed by atoms with E-state index in [-0.39, 0.29) is 23.7 Å². The second-order valence-corrected chi connectivity index (χ2v) is 3.99. The monoisotopic (exact) mass is 250 g/mol. The van der Waals surface area contributed by atoms with Crippen molar-refractivity contribution in [2.75, 3.05) is 25.4 Å². The summed E-state index contributed by atoms with van der Waals surface area (Å²) in [6.07, 6.45) is -2.63. The average molecular weight is 250 g/mol. The molecule has 0 fully saturated rings. The first-order chi connectivity index (χ1) is 7.56. The van der Waals surface area contributed by atoms with E-state index in [1.807, 2.05) is 0 Å². The molecule has 0 atom stereocenters. The number of rotatable bonds is 5. The van der Waals surface area contributed by atoms with Crippen LogP contribution in [-0.2, 0) is 0 Å². The minimum Gasteiger partial charge on any atom is -0.397 e. The Bertz CT molecular complexity index is 357. The molecule has 16 heavy (non-hydrogen) atoms. The number of amides is 1. The van der Waals surface area contributed by atoms with Crippen LogP contribution in [0.25, 0.3) is 0 Å². The number of carbonyl (C=O) groups excluding carboxylic acids is 1. The fourth-order valence-electron chi connectivity index (χ4n) is 1.20. The van der Waals surface area contributed by atoms with E-state index in [4.69, 9.17) is 10.8 Å². The van der Waals surface area contributed by atoms with E-state index >= 15 is 0 Å². The summed E-state index contributed by atoms with van der Waals surface area (Å²) >= 11 is 1.10. The molecule has 0 saturated heterocycles. The van der Waals surface area contributed by atoms with Gasteiger partial charge in [0.2, 0.25) is 0 Å². The Hall–Kier alpha value is -1.21. The molecule has 0 unspecified atom stereocenters. The second-order valence-electron chi connectivity index (χ2n) is 3.07. The Morgan fingerprint density at radius 2 is 2.31 bits per heavy atom. The van der Waals surface area contributed by atoms with Crippen LogP contribution in [0, 0.1) is 0 Å². The van der Waals surface area contributed by atoms with Crippen molar-refractivity contribution in [1.29, 1.82) is 0 Å². The second kappa shape index (κ2) is 5.76. The summed E-state index contributed by atoms with van der Waals surface area (Å²) in [5.74, 6) is -0.568. The highest BCUT2D eigenvalue weighted by molar-refractivity contribution is 7.12. The molecular weight excluding hydrogens is 238 g/mol. The van der Waals surface area contributed by atoms with Gasteiger partial charge in [-0.1, -0.05) is 0 Å². The SMILES string of the molecule is Nc1ccsc1C(=O)N(CCO)CC(F)F. The lowest BCUT2D eigenvalue weighted by Crippen LogP contribution is -2.37. The average Bonchev–Trinajstić information content (AvgIpc) is 2.62. The molecule has 1 amide bonds. The van der Waals surface area contributed by atoms with E-state index in [0.717, 1.165) is 16.2 Å². The van der Waals surface area contributed by atoms with Gasteiger partial charge in [0.1, 0.15) is 4.88 Å². The van der Waals surface area contributed by atoms with Gasteiger partial charge in [-0.25, -0.2) is 8.78 Å². The lowest BCUT2D eigenvalue weighted by atomic mass is 10.3. The topological polar surface area (TPSA) is 66.6 Å². The molecule has 0 saturated carbocycles. The van der Waals surface area contributed by atoms with E-state index < -0.39 is 18.9 Å². The molecule has 0 aliphatic rings. The number of aliphatic hydroxyl groups is 1. The Balaban J connectivity index is 2.78. The summed E-state index contributed by atoms with van der Waals surface area (Å²) in [5, 5.41) is 10.3. The number of halogens is 2. The molecular formula is C9H12F2N2O2S. The number of carbonyl (C=O) groups is 1. The van der Waals surface area contributed by atoms with Gasteiger partial charge in [-0.15, -0.1) is 11.3 Å². The summed E-state index contributed by atoms with van der Waals surface area (Å²) < 4.78 is 24.4. The van der Waals surface area contributed by atoms with Crippen LogP contribution in [-0.4, -0.2) is 42.0 Å². The Kier molecular flexibility index (Phi) is 4.63. The predicted molar refractivity (Wildman–Crippen MR) is 57.7 cm³/mol. The molecule has 0 radical (unpaired) electrons. The first-order valence-electron chi connectivity index (χ1n) is 4.57. The number of hydrogen-bond acceptors (Lipinski definition) is 4. The fraction of sp³-hybridized carbons (Fsp3) is 0.444. The van der Waals surface area contributed by atoms with Crippen molar-refractivity contribution in [3.8, 4) is 0 Å². The van der Waals surface area contributed by atoms with E-state index in [9.17, 15) is 13.6 Å². The third-order valence-electron chi connectivity index (χ3n) is 1.91. The van der Waals surface area contributed by atoms with E-state index in [2.05, 4.69) is 0 Å². The number of nitrogens with two attached hydrogens (primary N) is 1. The number of hydrogen-bond donors (Lipinski definition) is 2. The largest absolute Gasteiger partial charge is 0.397 e. The van der Waals surface area contributed by atoms with Gasteiger partial charge in [0.25, 0.3) is 12.3 Å². The molecule has 3 N–H and O–H groups in total. The van der Waals surface area contributed by atoms with Gasteiger partial charge >= 0.3 is 0 Å². The van der Waals surface area contributed by atoms with Crippen molar-refractivity contribution in [3.63, 3.8) is 0 Å². The number of nitrogen functional groups attached to an aromatic ring is 1. The maximum absolute atomic E-state index is 12.2. The fourth-order valence-corrected chi connectivity index (χ4v) is 1.98. The highest BCUT2D eigenvalue weighted by Crippen LogP contribution is 2.21. The maximum atomic E-state index is 12.2. The van der Waals surface area contributed by atoms with Crippen molar-refractivity contribution in [2.24, 2.45) is 0 Å². The predicted octanol–water partition coefficient (Wildman–Crippen LogP) is 1.03. The number of nitrogens with zero attached hydrogens (tertiary/aromatic N) is 1. The van der Waals surface area contributed by atoms with Crippen LogP contribution in [0.5, 0.6) is 0 Å². The van der Waals surface area contributed by atoms with Gasteiger partial charge in [-0.2, -0.15) is 0 Å². The zero-order valence-electron chi connectivity index (χ0n) is 8.40. The maximum Gasteiger partial charge on any atom is 0.266 e. The number of thiophene rings is 1. The van der Waals surface area contributed by atoms with Gasteiger partial charge in [0.15, 0.2) is 0 Å². The van der Waals surface area contributed by atoms with Crippen LogP contribution < -0.4 is 5.73 Å². The summed E-state index contributed by atoms with van der Waals surface area (Å²) in [7, 11) is 0. The van der Waals surface area contributed by atoms with Crippen LogP contribution in [0.4, 0.5) is 14.5 Å². The van der Waals surface area contributed by atoms with Gasteiger partial charge in [0, 0.05) is 6.54 Å². The molecule has 1 heterocycles. The molecule has 0 aliphatic heterocycles. The number of alkyl halides is 2. The third kappa shape index (κ3) is 3.14. The van der Waals surface area contributed by atoms with Crippen molar-refractivity contribution in [1.82, 2.24) is 4.90 Å². The number of aliphatic hydroxyl groups excluding tert-OH is 1. The van der Waals surface area contributed by atoms with E-state index in [1.54, 1.807) is 5.38 Å². The summed E-state index contributed by atoms with van der Waals surface area (Å²) in [6, 6.07) is 1.54. The van der Waals surface area contributed by atoms with Crippen LogP contribution in [0.1, 0.15) is 9.67 Å². The van der Waals surface area contributed by atoms with E-state index in [0.29, 0.717) is 0 Å². The molecule has 0 spiro atoms. The van der Waals surface area contributed by atoms with Crippen molar-refractivity contribution >= 4 is 22.9 Å². The van der Waals surface area contributed by atoms with E-state index in [1.165, 1.54) is 6.07 Å². The van der Waals surface area contributed by atoms with Crippen LogP contribution in [0.2, 0.25) is 0 Å². The summed E-state index contributed by atoms with van der Waals surface area (Å²) in [4.78, 5) is 12.9. The first kappa shape index (κ1) is 12.9. The van der Waals surface area contributed by atoms with Crippen LogP contribution in [0.3, 0.4) is 0 Å². The summed E-state index contributed by atoms with van der Waals surface area (Å²) in [6.45, 7) is -1.18. The quantitative estimate of drug-likeness (QED) is 0.820. The Morgan fingerprint density at radius 3 is 2.75 bits per heavy atom. The van der Waals surface area contributed by atoms with Crippen LogP contribution >= 0.6 is 11.3 Å². The molecule has 7 heteroatoms. The lowest BCUT2D eigenvalue weighted by molar-refractivity contribution is 0.0514. The van der Waals surface area contributed by atoms with Crippen molar-refractivity contribution < 1.29 is 18.7 Å². The molecule has 90 valence electrons. The van der Waals surface area contributed by atoms with Gasteiger partial charge in [-0.3, -0.25) is 4.79 Å². The number of anilines is 1. The molecule has 1 aromatic heterocycles. The Morgan fingerprint density at radius 1 is 1.62 bits per heavy atom. The normalized spacial score (nSPS) is 10.8. The van der Waals surface area contributed by atoms with Crippen molar-refractivity contribution in [2.45, 2.75) is 6.43 Å². The van der Waals surface area contributed by atoms with Crippen molar-refractivity contribution in [3.05, 3.63) is 16.3 Å². The molecule has 4 nitrogen and oxygen atoms in total. The minimum atomic E-state index is -2.63. The smallest absolute Gasteiger partial charge is 0.266 e. The molecule has 0 aromatic carbocycles. The first-order valence-corrected chi connectivity index (χ1v) is 5.45. The van der Waals surface area contributed by atoms with Gasteiger partial charge in [0.05, 0.1) is 18.8 Å². The molecule has 1 rings (SSSR count). The Labute approximate surface area is 95.3 Å². The standard InChI is InChI=1S/C9H12F2N2O2S/c10-7(11)5-13(2-3-14)9(15)8-6(12)1-4-16-8/h1,4,7,14H,2-3,5,12H2. The molecule has 0 aliphatic carbocycles. The van der Waals surface area contributed by atoms with Crippen LogP contribution in [0.15, 0.2) is 11.4 Å². The van der Waals surface area contributed by atoms with Gasteiger partial charge in [-0.05, 0) is 11.4 Å². The third-order valence-corrected chi connectivity index (χ3v) is 2.82. The zero-order valence-corrected chi connectivity index (χ0v) is 9.21. The van der Waals surface area contributed by atoms with Gasteiger partial charge < -0.3 is 15.7 Å². The minimum absolute atomic E-state index is 0.124. The highest BCUT2D eigenvalue weighted by atomic mass is 32.1. The summed E-state index contributed by atoms with van der Waals surface area (Å²) in [5.41, 5.74) is 5.79.